The summed E-state index contributed by atoms with van der Waals surface area (Å²) in [5, 5.41) is 15.0. The number of carbonyl (C=O) groups is 1. The quantitative estimate of drug-likeness (QED) is 0.156. The molecule has 12 heteroatoms. The number of hydrogen-bond acceptors (Lipinski definition) is 8. The van der Waals surface area contributed by atoms with Crippen LogP contribution in [0.2, 0.25) is 5.02 Å². The average Bonchev–Trinajstić information content (AvgIpc) is 3.50. The van der Waals surface area contributed by atoms with Crippen LogP contribution >= 0.6 is 27.5 Å². The minimum atomic E-state index is -1.01. The third-order valence-electron chi connectivity index (χ3n) is 6.99. The Kier molecular flexibility index (Phi) is 8.29. The van der Waals surface area contributed by atoms with Gasteiger partial charge in [-0.25, -0.2) is 9.78 Å². The molecule has 0 unspecified atom stereocenters. The number of halogens is 2. The van der Waals surface area contributed by atoms with E-state index in [0.29, 0.717) is 43.8 Å². The van der Waals surface area contributed by atoms with E-state index in [2.05, 4.69) is 21.0 Å². The van der Waals surface area contributed by atoms with E-state index in [-0.39, 0.29) is 28.8 Å². The molecule has 6 aromatic rings. The lowest BCUT2D eigenvalue weighted by Crippen LogP contribution is -2.20. The summed E-state index contributed by atoms with van der Waals surface area (Å²) < 4.78 is 24.7. The number of furan rings is 1. The maximum Gasteiger partial charge on any atom is 0.335 e. The summed E-state index contributed by atoms with van der Waals surface area (Å²) in [6.07, 6.45) is 1.46. The van der Waals surface area contributed by atoms with Crippen molar-refractivity contribution in [3.05, 3.63) is 115 Å². The standard InChI is InChI=1S/C33H23BrClN3O7/c1-42-24-8-5-9-25-22(24)15-27(45-25)31-37-23-7-4-3-6-21(23)32(39)38(31)36-16-20-14-26(43-2)30(29(35)28(20)34)44-17-18-10-12-19(13-11-18)33(40)41/h3-16H,17H2,1-2H3,(H,40,41). The highest BCUT2D eigenvalue weighted by Gasteiger charge is 2.20. The Morgan fingerprint density at radius 3 is 2.51 bits per heavy atom. The fraction of sp³-hybridized carbons (Fsp3) is 0.0909. The molecule has 1 N–H and O–H groups in total. The molecule has 2 aromatic heterocycles. The monoisotopic (exact) mass is 687 g/mol. The third kappa shape index (κ3) is 5.75. The molecule has 0 aliphatic carbocycles. The number of methoxy groups -OCH3 is 2. The van der Waals surface area contributed by atoms with Crippen molar-refractivity contribution in [2.24, 2.45) is 5.10 Å². The Morgan fingerprint density at radius 2 is 1.78 bits per heavy atom. The van der Waals surface area contributed by atoms with Crippen molar-refractivity contribution in [3.8, 4) is 28.8 Å². The van der Waals surface area contributed by atoms with Gasteiger partial charge in [-0.3, -0.25) is 4.79 Å². The van der Waals surface area contributed by atoms with Gasteiger partial charge in [-0.2, -0.15) is 9.78 Å². The molecule has 0 spiro atoms. The van der Waals surface area contributed by atoms with Gasteiger partial charge in [0, 0.05) is 10.0 Å². The molecule has 0 bridgehead atoms. The first-order chi connectivity index (χ1) is 21.8. The van der Waals surface area contributed by atoms with E-state index in [1.54, 1.807) is 61.7 Å². The van der Waals surface area contributed by atoms with Crippen molar-refractivity contribution in [3.63, 3.8) is 0 Å². The number of benzene rings is 4. The number of carboxylic acids is 1. The maximum absolute atomic E-state index is 13.7. The number of ether oxygens (including phenoxy) is 3. The lowest BCUT2D eigenvalue weighted by molar-refractivity contribution is 0.0697. The molecule has 0 aliphatic heterocycles. The SMILES string of the molecule is COc1cc(C=Nn2c(-c3cc4c(OC)cccc4o3)nc3ccccc3c2=O)c(Br)c(Cl)c1OCc1ccc(C(=O)O)cc1. The molecule has 226 valence electrons. The molecule has 0 saturated heterocycles. The van der Waals surface area contributed by atoms with Crippen LogP contribution in [0.15, 0.2) is 97.6 Å². The molecule has 0 saturated carbocycles. The molecule has 4 aromatic carbocycles. The first-order valence-corrected chi connectivity index (χ1v) is 14.6. The van der Waals surface area contributed by atoms with Crippen LogP contribution in [0.5, 0.6) is 17.2 Å². The van der Waals surface area contributed by atoms with Crippen LogP contribution in [0, 0.1) is 0 Å². The zero-order chi connectivity index (χ0) is 31.7. The van der Waals surface area contributed by atoms with Crippen LogP contribution in [-0.4, -0.2) is 41.2 Å². The van der Waals surface area contributed by atoms with Crippen molar-refractivity contribution in [2.45, 2.75) is 6.61 Å². The summed E-state index contributed by atoms with van der Waals surface area (Å²) in [5.74, 6) is 0.707. The molecule has 0 fully saturated rings. The summed E-state index contributed by atoms with van der Waals surface area (Å²) in [4.78, 5) is 29.6. The molecule has 45 heavy (non-hydrogen) atoms. The molecule has 0 radical (unpaired) electrons. The number of rotatable bonds is 9. The average molecular weight is 689 g/mol. The van der Waals surface area contributed by atoms with Crippen LogP contribution in [0.25, 0.3) is 33.5 Å². The predicted molar refractivity (Wildman–Crippen MR) is 174 cm³/mol. The van der Waals surface area contributed by atoms with Crippen molar-refractivity contribution < 1.29 is 28.5 Å². The Hall–Kier alpha value is -5.13. The van der Waals surface area contributed by atoms with Crippen molar-refractivity contribution in [2.75, 3.05) is 14.2 Å². The fourth-order valence-corrected chi connectivity index (χ4v) is 5.37. The van der Waals surface area contributed by atoms with E-state index in [9.17, 15) is 9.59 Å². The highest BCUT2D eigenvalue weighted by atomic mass is 79.9. The van der Waals surface area contributed by atoms with Gasteiger partial charge in [0.15, 0.2) is 17.3 Å². The number of aromatic nitrogens is 2. The first kappa shape index (κ1) is 29.9. The predicted octanol–water partition coefficient (Wildman–Crippen LogP) is 7.40. The summed E-state index contributed by atoms with van der Waals surface area (Å²) in [5.41, 5.74) is 2.05. The van der Waals surface area contributed by atoms with Crippen molar-refractivity contribution in [1.29, 1.82) is 0 Å². The summed E-state index contributed by atoms with van der Waals surface area (Å²) >= 11 is 10.2. The van der Waals surface area contributed by atoms with Crippen molar-refractivity contribution in [1.82, 2.24) is 9.66 Å². The lowest BCUT2D eigenvalue weighted by Gasteiger charge is -2.15. The normalized spacial score (nSPS) is 11.4. The van der Waals surface area contributed by atoms with Crippen molar-refractivity contribution >= 4 is 61.6 Å². The minimum Gasteiger partial charge on any atom is -0.496 e. The number of carboxylic acid groups (broad SMARTS) is 1. The van der Waals surface area contributed by atoms with Gasteiger partial charge in [-0.1, -0.05) is 41.9 Å². The molecular formula is C33H23BrClN3O7. The Morgan fingerprint density at radius 1 is 1.02 bits per heavy atom. The van der Waals surface area contributed by atoms with Gasteiger partial charge >= 0.3 is 5.97 Å². The number of fused-ring (bicyclic) bond motifs is 2. The Labute approximate surface area is 269 Å². The zero-order valence-electron chi connectivity index (χ0n) is 23.8. The van der Waals surface area contributed by atoms with Gasteiger partial charge in [-0.15, -0.1) is 0 Å². The number of para-hydroxylation sites is 1. The van der Waals surface area contributed by atoms with E-state index < -0.39 is 11.5 Å². The molecule has 10 nitrogen and oxygen atoms in total. The van der Waals surface area contributed by atoms with Crippen LogP contribution < -0.4 is 19.8 Å². The molecule has 0 aliphatic rings. The largest absolute Gasteiger partial charge is 0.496 e. The van der Waals surface area contributed by atoms with Crippen LogP contribution in [0.3, 0.4) is 0 Å². The number of aromatic carboxylic acids is 1. The van der Waals surface area contributed by atoms with Crippen LogP contribution in [0.1, 0.15) is 21.5 Å². The Bertz CT molecular complexity index is 2170. The van der Waals surface area contributed by atoms with E-state index in [1.807, 2.05) is 12.1 Å². The van der Waals surface area contributed by atoms with E-state index in [1.165, 1.54) is 30.1 Å². The molecule has 0 atom stereocenters. The molecule has 0 amide bonds. The summed E-state index contributed by atoms with van der Waals surface area (Å²) in [6, 6.07) is 22.1. The lowest BCUT2D eigenvalue weighted by atomic mass is 10.1. The van der Waals surface area contributed by atoms with E-state index >= 15 is 0 Å². The Balaban J connectivity index is 1.40. The first-order valence-electron chi connectivity index (χ1n) is 13.4. The summed E-state index contributed by atoms with van der Waals surface area (Å²) in [6.45, 7) is 0.111. The van der Waals surface area contributed by atoms with E-state index in [0.717, 1.165) is 10.9 Å². The zero-order valence-corrected chi connectivity index (χ0v) is 26.1. The van der Waals surface area contributed by atoms with Gasteiger partial charge in [0.2, 0.25) is 5.82 Å². The number of nitrogens with zero attached hydrogens (tertiary/aromatic N) is 3. The second kappa shape index (κ2) is 12.5. The minimum absolute atomic E-state index is 0.111. The third-order valence-corrected chi connectivity index (χ3v) is 8.43. The topological polar surface area (TPSA) is 125 Å². The highest BCUT2D eigenvalue weighted by molar-refractivity contribution is 9.10. The van der Waals surface area contributed by atoms with E-state index in [4.69, 9.17) is 40.3 Å². The fourth-order valence-electron chi connectivity index (χ4n) is 4.72. The van der Waals surface area contributed by atoms with Gasteiger partial charge in [0.1, 0.15) is 23.0 Å². The smallest absolute Gasteiger partial charge is 0.335 e. The highest BCUT2D eigenvalue weighted by Crippen LogP contribution is 2.42. The van der Waals surface area contributed by atoms with Gasteiger partial charge < -0.3 is 23.7 Å². The molecular weight excluding hydrogens is 666 g/mol. The van der Waals surface area contributed by atoms with Gasteiger partial charge in [0.25, 0.3) is 5.56 Å². The molecule has 2 heterocycles. The second-order valence-electron chi connectivity index (χ2n) is 9.71. The van der Waals surface area contributed by atoms with Gasteiger partial charge in [-0.05, 0) is 70.0 Å². The number of hydrogen-bond donors (Lipinski definition) is 1. The summed E-state index contributed by atoms with van der Waals surface area (Å²) in [7, 11) is 3.04. The molecule has 6 rings (SSSR count). The van der Waals surface area contributed by atoms with Crippen LogP contribution in [0.4, 0.5) is 0 Å². The van der Waals surface area contributed by atoms with Gasteiger partial charge in [0.05, 0.1) is 42.3 Å². The second-order valence-corrected chi connectivity index (χ2v) is 10.9. The van der Waals surface area contributed by atoms with Crippen LogP contribution in [-0.2, 0) is 6.61 Å². The maximum atomic E-state index is 13.7.